The van der Waals surface area contributed by atoms with E-state index in [-0.39, 0.29) is 4.90 Å². The van der Waals surface area contributed by atoms with E-state index in [9.17, 15) is 8.42 Å². The molecule has 0 radical (unpaired) electrons. The monoisotopic (exact) mass is 301 g/mol. The summed E-state index contributed by atoms with van der Waals surface area (Å²) in [5, 5.41) is 5.12. The molecule has 0 bridgehead atoms. The molecule has 0 amide bonds. The zero-order valence-electron chi connectivity index (χ0n) is 12.3. The van der Waals surface area contributed by atoms with Crippen LogP contribution in [0.3, 0.4) is 0 Å². The summed E-state index contributed by atoms with van der Waals surface area (Å²) in [5.41, 5.74) is 1.50. The Morgan fingerprint density at radius 1 is 1.10 bits per heavy atom. The van der Waals surface area contributed by atoms with Gasteiger partial charge in [0.2, 0.25) is 10.0 Å². The Hall–Kier alpha value is -1.11. The quantitative estimate of drug-likeness (QED) is 0.746. The molecular formula is C14H23NO4S. The molecule has 1 aromatic carbocycles. The third-order valence-electron chi connectivity index (χ3n) is 2.88. The van der Waals surface area contributed by atoms with Gasteiger partial charge in [-0.3, -0.25) is 0 Å². The van der Waals surface area contributed by atoms with Crippen molar-refractivity contribution in [1.82, 2.24) is 0 Å². The number of sulfonamides is 1. The second kappa shape index (κ2) is 7.61. The molecule has 6 heteroatoms. The molecule has 1 rings (SSSR count). The molecule has 0 heterocycles. The zero-order chi connectivity index (χ0) is 15.2. The summed E-state index contributed by atoms with van der Waals surface area (Å²) < 4.78 is 33.7. The lowest BCUT2D eigenvalue weighted by Crippen LogP contribution is -2.14. The van der Waals surface area contributed by atoms with E-state index >= 15 is 0 Å². The van der Waals surface area contributed by atoms with E-state index in [4.69, 9.17) is 14.6 Å². The van der Waals surface area contributed by atoms with Crippen LogP contribution in [-0.4, -0.2) is 28.2 Å². The lowest BCUT2D eigenvalue weighted by molar-refractivity contribution is 0.0976. The van der Waals surface area contributed by atoms with Crippen molar-refractivity contribution in [2.75, 3.05) is 19.8 Å². The van der Waals surface area contributed by atoms with Crippen molar-refractivity contribution >= 4 is 10.0 Å². The van der Waals surface area contributed by atoms with E-state index in [1.165, 1.54) is 12.1 Å². The van der Waals surface area contributed by atoms with Crippen molar-refractivity contribution in [1.29, 1.82) is 0 Å². The van der Waals surface area contributed by atoms with Crippen LogP contribution in [0.1, 0.15) is 30.9 Å². The maximum atomic E-state index is 11.3. The molecule has 0 spiro atoms. The van der Waals surface area contributed by atoms with Crippen LogP contribution < -0.4 is 9.88 Å². The smallest absolute Gasteiger partial charge is 0.238 e. The molecule has 114 valence electrons. The van der Waals surface area contributed by atoms with Gasteiger partial charge < -0.3 is 9.47 Å². The summed E-state index contributed by atoms with van der Waals surface area (Å²) in [6.07, 6.45) is 2.15. The fourth-order valence-corrected chi connectivity index (χ4v) is 2.54. The Bertz CT molecular complexity index is 517. The fraction of sp³-hybridized carbons (Fsp3) is 0.571. The minimum Gasteiger partial charge on any atom is -0.491 e. The van der Waals surface area contributed by atoms with Gasteiger partial charge in [-0.2, -0.15) is 0 Å². The van der Waals surface area contributed by atoms with Gasteiger partial charge in [-0.05, 0) is 43.5 Å². The number of benzene rings is 1. The predicted molar refractivity (Wildman–Crippen MR) is 78.5 cm³/mol. The first kappa shape index (κ1) is 16.9. The van der Waals surface area contributed by atoms with Gasteiger partial charge in [0.1, 0.15) is 12.4 Å². The van der Waals surface area contributed by atoms with Crippen molar-refractivity contribution < 1.29 is 17.9 Å². The van der Waals surface area contributed by atoms with Gasteiger partial charge in [-0.1, -0.05) is 13.3 Å². The van der Waals surface area contributed by atoms with Crippen LogP contribution in [0.25, 0.3) is 0 Å². The lowest BCUT2D eigenvalue weighted by atomic mass is 10.1. The number of unbranched alkanes of at least 4 members (excludes halogenated alkanes) is 1. The van der Waals surface area contributed by atoms with E-state index in [1.54, 1.807) is 13.8 Å². The second-order valence-corrected chi connectivity index (χ2v) is 6.31. The highest BCUT2D eigenvalue weighted by Gasteiger charge is 2.13. The average molecular weight is 301 g/mol. The summed E-state index contributed by atoms with van der Waals surface area (Å²) in [6.45, 7) is 7.42. The molecule has 0 fully saturated rings. The number of hydrogen-bond acceptors (Lipinski definition) is 4. The number of hydrogen-bond donors (Lipinski definition) is 1. The number of rotatable bonds is 8. The molecule has 1 aromatic rings. The van der Waals surface area contributed by atoms with Gasteiger partial charge in [0.15, 0.2) is 0 Å². The number of aryl methyl sites for hydroxylation is 2. The summed E-state index contributed by atoms with van der Waals surface area (Å²) >= 11 is 0. The van der Waals surface area contributed by atoms with E-state index in [1.807, 2.05) is 0 Å². The molecular weight excluding hydrogens is 278 g/mol. The summed E-state index contributed by atoms with van der Waals surface area (Å²) in [7, 11) is -3.68. The lowest BCUT2D eigenvalue weighted by Gasteiger charge is -2.13. The second-order valence-electron chi connectivity index (χ2n) is 4.75. The highest BCUT2D eigenvalue weighted by Crippen LogP contribution is 2.26. The molecule has 0 aliphatic carbocycles. The highest BCUT2D eigenvalue weighted by molar-refractivity contribution is 7.89. The van der Waals surface area contributed by atoms with Crippen molar-refractivity contribution in [2.24, 2.45) is 5.14 Å². The Balaban J connectivity index is 2.63. The van der Waals surface area contributed by atoms with Gasteiger partial charge >= 0.3 is 0 Å². The van der Waals surface area contributed by atoms with Crippen LogP contribution in [0, 0.1) is 13.8 Å². The van der Waals surface area contributed by atoms with Crippen molar-refractivity contribution in [3.8, 4) is 5.75 Å². The third kappa shape index (κ3) is 5.11. The first-order valence-electron chi connectivity index (χ1n) is 6.71. The SMILES string of the molecule is CCCCOCCOc1c(C)cc(S(N)(=O)=O)cc1C. The molecule has 0 saturated heterocycles. The van der Waals surface area contributed by atoms with Crippen LogP contribution in [0.4, 0.5) is 0 Å². The van der Waals surface area contributed by atoms with E-state index in [2.05, 4.69) is 6.92 Å². The van der Waals surface area contributed by atoms with Crippen LogP contribution in [0.15, 0.2) is 17.0 Å². The standard InChI is InChI=1S/C14H23NO4S/c1-4-5-6-18-7-8-19-14-11(2)9-13(10-12(14)3)20(15,16)17/h9-10H,4-8H2,1-3H3,(H2,15,16,17). The van der Waals surface area contributed by atoms with Gasteiger partial charge in [-0.25, -0.2) is 13.6 Å². The molecule has 0 unspecified atom stereocenters. The number of ether oxygens (including phenoxy) is 2. The fourth-order valence-electron chi connectivity index (χ4n) is 1.85. The Labute approximate surface area is 121 Å². The molecule has 0 aliphatic rings. The van der Waals surface area contributed by atoms with Crippen LogP contribution in [0.2, 0.25) is 0 Å². The molecule has 0 atom stereocenters. The first-order valence-corrected chi connectivity index (χ1v) is 8.25. The minimum atomic E-state index is -3.68. The van der Waals surface area contributed by atoms with Gasteiger partial charge in [0.25, 0.3) is 0 Å². The summed E-state index contributed by atoms with van der Waals surface area (Å²) in [6, 6.07) is 3.05. The molecule has 2 N–H and O–H groups in total. The summed E-state index contributed by atoms with van der Waals surface area (Å²) in [4.78, 5) is 0.110. The maximum absolute atomic E-state index is 11.3. The van der Waals surface area contributed by atoms with Crippen LogP contribution in [-0.2, 0) is 14.8 Å². The Kier molecular flexibility index (Phi) is 6.45. The topological polar surface area (TPSA) is 78.6 Å². The molecule has 0 aromatic heterocycles. The summed E-state index contributed by atoms with van der Waals surface area (Å²) in [5.74, 6) is 0.691. The average Bonchev–Trinajstić information content (AvgIpc) is 2.34. The third-order valence-corrected chi connectivity index (χ3v) is 3.77. The zero-order valence-corrected chi connectivity index (χ0v) is 13.1. The van der Waals surface area contributed by atoms with Crippen LogP contribution in [0.5, 0.6) is 5.75 Å². The van der Waals surface area contributed by atoms with Gasteiger partial charge in [0.05, 0.1) is 11.5 Å². The predicted octanol–water partition coefficient (Wildman–Crippen LogP) is 2.15. The molecule has 5 nitrogen and oxygen atoms in total. The highest BCUT2D eigenvalue weighted by atomic mass is 32.2. The minimum absolute atomic E-state index is 0.110. The number of primary sulfonamides is 1. The normalized spacial score (nSPS) is 11.6. The number of nitrogens with two attached hydrogens (primary N) is 1. The van der Waals surface area contributed by atoms with Crippen molar-refractivity contribution in [3.05, 3.63) is 23.3 Å². The molecule has 0 aliphatic heterocycles. The van der Waals surface area contributed by atoms with Crippen molar-refractivity contribution in [2.45, 2.75) is 38.5 Å². The Morgan fingerprint density at radius 2 is 1.70 bits per heavy atom. The Morgan fingerprint density at radius 3 is 2.20 bits per heavy atom. The molecule has 0 saturated carbocycles. The molecule has 20 heavy (non-hydrogen) atoms. The van der Waals surface area contributed by atoms with Crippen molar-refractivity contribution in [3.63, 3.8) is 0 Å². The van der Waals surface area contributed by atoms with E-state index in [0.29, 0.717) is 19.0 Å². The van der Waals surface area contributed by atoms with Gasteiger partial charge in [-0.15, -0.1) is 0 Å². The first-order chi connectivity index (χ1) is 9.36. The largest absolute Gasteiger partial charge is 0.491 e. The van der Waals surface area contributed by atoms with E-state index in [0.717, 1.165) is 30.6 Å². The maximum Gasteiger partial charge on any atom is 0.238 e. The van der Waals surface area contributed by atoms with E-state index < -0.39 is 10.0 Å². The van der Waals surface area contributed by atoms with Crippen LogP contribution >= 0.6 is 0 Å². The van der Waals surface area contributed by atoms with Gasteiger partial charge in [0, 0.05) is 6.61 Å².